The first-order valence-electron chi connectivity index (χ1n) is 13.1. The molecule has 4 aromatic rings. The lowest BCUT2D eigenvalue weighted by molar-refractivity contribution is 0.154. The summed E-state index contributed by atoms with van der Waals surface area (Å²) < 4.78 is 33.6. The van der Waals surface area contributed by atoms with E-state index < -0.39 is 0 Å². The lowest BCUT2D eigenvalue weighted by Gasteiger charge is -2.18. The van der Waals surface area contributed by atoms with Crippen molar-refractivity contribution in [1.29, 1.82) is 0 Å². The first-order valence-corrected chi connectivity index (χ1v) is 18.0. The number of methoxy groups -OCH3 is 3. The molecule has 1 fully saturated rings. The molecule has 0 radical (unpaired) electrons. The minimum atomic E-state index is -0.300. The van der Waals surface area contributed by atoms with Crippen molar-refractivity contribution in [3.05, 3.63) is 54.1 Å². The van der Waals surface area contributed by atoms with Gasteiger partial charge in [-0.3, -0.25) is 0 Å². The number of anilines is 3. The van der Waals surface area contributed by atoms with Gasteiger partial charge in [0.15, 0.2) is 23.4 Å². The van der Waals surface area contributed by atoms with Crippen LogP contribution in [0.2, 0.25) is 0 Å². The number of rotatable bonds is 11. The fourth-order valence-electron chi connectivity index (χ4n) is 4.35. The Bertz CT molecular complexity index is 1510. The Morgan fingerprint density at radius 1 is 1.05 bits per heavy atom. The Morgan fingerprint density at radius 2 is 1.78 bits per heavy atom. The zero-order chi connectivity index (χ0) is 28.9. The second-order valence-corrected chi connectivity index (χ2v) is 11.7. The lowest BCUT2D eigenvalue weighted by Crippen LogP contribution is -2.12. The van der Waals surface area contributed by atoms with Gasteiger partial charge < -0.3 is 38.8 Å². The van der Waals surface area contributed by atoms with Crippen molar-refractivity contribution in [1.82, 2.24) is 20.0 Å². The molecule has 218 valence electrons. The van der Waals surface area contributed by atoms with Crippen molar-refractivity contribution < 1.29 is 23.5 Å². The maximum atomic E-state index is 5.71. The zero-order valence-electron chi connectivity index (χ0n) is 23.3. The summed E-state index contributed by atoms with van der Waals surface area (Å²) in [5, 5.41) is 16.3. The fraction of sp³-hybridized carbons (Fsp3) is 0.333. The van der Waals surface area contributed by atoms with E-state index in [1.165, 1.54) is 30.5 Å². The third-order valence-electron chi connectivity index (χ3n) is 6.43. The number of hydrogen-bond acceptors (Lipinski definition) is 11. The summed E-state index contributed by atoms with van der Waals surface area (Å²) in [5.41, 5.74) is 3.50. The minimum Gasteiger partial charge on any atom is -0.495 e. The quantitative estimate of drug-likeness (QED) is 0.0808. The normalized spacial score (nSPS) is 15.8. The van der Waals surface area contributed by atoms with E-state index in [-0.39, 0.29) is 6.23 Å². The van der Waals surface area contributed by atoms with Crippen molar-refractivity contribution in [2.24, 2.45) is 0 Å². The summed E-state index contributed by atoms with van der Waals surface area (Å²) in [5.74, 6) is 3.85. The fourth-order valence-corrected chi connectivity index (χ4v) is 6.83. The largest absolute Gasteiger partial charge is 0.495 e. The third kappa shape index (κ3) is 6.26. The molecule has 2 aromatic carbocycles. The van der Waals surface area contributed by atoms with Gasteiger partial charge in [-0.25, -0.2) is 4.45 Å². The highest BCUT2D eigenvalue weighted by Crippen LogP contribution is 2.45. The minimum absolute atomic E-state index is 0.300. The Morgan fingerprint density at radius 3 is 2.39 bits per heavy atom. The third-order valence-corrected chi connectivity index (χ3v) is 9.22. The molecule has 0 bridgehead atoms. The highest BCUT2D eigenvalue weighted by molar-refractivity contribution is 14.2. The molecule has 2 unspecified atom stereocenters. The second-order valence-electron chi connectivity index (χ2n) is 8.87. The van der Waals surface area contributed by atoms with E-state index in [9.17, 15) is 0 Å². The van der Waals surface area contributed by atoms with Gasteiger partial charge in [0.05, 0.1) is 38.8 Å². The zero-order valence-corrected chi connectivity index (χ0v) is 27.3. The number of hydrogen-bond donors (Lipinski definition) is 3. The van der Waals surface area contributed by atoms with E-state index in [1.54, 1.807) is 33.8 Å². The predicted octanol–water partition coefficient (Wildman–Crippen LogP) is 7.70. The second kappa shape index (κ2) is 13.3. The standard InChI is InChI=1S/C25H26IN6O5PS.C2H6/c1-33-19-10-15-18(11-16(19)28-22-12-17(13-4-5-13)32(29-22)38-26)37-30-24(15)31-39-23-20(34-2)8-14(9-21(23)35-3)25-27-6-7-36-25;1-2/h6-13,25,27,38H,4-5H2,1-3H3,(H,28,29)(H,30,31);1-2H3. The van der Waals surface area contributed by atoms with Gasteiger partial charge in [0.2, 0.25) is 0 Å². The van der Waals surface area contributed by atoms with Crippen LogP contribution in [0.15, 0.2) is 52.2 Å². The smallest absolute Gasteiger partial charge is 0.195 e. The molecule has 0 amide bonds. The molecule has 1 saturated carbocycles. The van der Waals surface area contributed by atoms with E-state index in [0.29, 0.717) is 40.9 Å². The van der Waals surface area contributed by atoms with E-state index >= 15 is 0 Å². The topological polar surface area (TPSA) is 117 Å². The molecule has 6 rings (SSSR count). The van der Waals surface area contributed by atoms with Crippen LogP contribution in [-0.2, 0) is 4.74 Å². The van der Waals surface area contributed by atoms with Crippen LogP contribution in [0.25, 0.3) is 11.0 Å². The van der Waals surface area contributed by atoms with Gasteiger partial charge in [0, 0.05) is 35.5 Å². The Hall–Kier alpha value is -3.03. The van der Waals surface area contributed by atoms with Gasteiger partial charge in [0.1, 0.15) is 28.4 Å². The van der Waals surface area contributed by atoms with Crippen LogP contribution in [0.4, 0.5) is 17.3 Å². The molecule has 2 aromatic heterocycles. The molecule has 14 heteroatoms. The molecule has 3 N–H and O–H groups in total. The van der Waals surface area contributed by atoms with Crippen molar-refractivity contribution in [3.8, 4) is 17.2 Å². The summed E-state index contributed by atoms with van der Waals surface area (Å²) in [6, 6.07) is 9.71. The number of fused-ring (bicyclic) bond motifs is 1. The molecule has 2 atom stereocenters. The number of nitrogens with zero attached hydrogens (tertiary/aromatic N) is 3. The molecular weight excluding hydrogens is 678 g/mol. The van der Waals surface area contributed by atoms with Crippen molar-refractivity contribution in [2.45, 2.75) is 43.7 Å². The summed E-state index contributed by atoms with van der Waals surface area (Å²) in [4.78, 5) is 0.758. The van der Waals surface area contributed by atoms with Crippen LogP contribution >= 0.6 is 40.4 Å². The number of nitrogens with one attached hydrogen (secondary N) is 3. The molecular formula is C27H32IN6O5PS. The maximum Gasteiger partial charge on any atom is 0.195 e. The van der Waals surface area contributed by atoms with Gasteiger partial charge in [-0.1, -0.05) is 19.0 Å². The van der Waals surface area contributed by atoms with Gasteiger partial charge in [-0.2, -0.15) is 5.10 Å². The summed E-state index contributed by atoms with van der Waals surface area (Å²) in [6.07, 6.45) is 6.06. The van der Waals surface area contributed by atoms with Crippen LogP contribution in [0.1, 0.15) is 50.1 Å². The SMILES string of the molecule is CC.COc1cc2c(NSc3c(OC)cc(C4NC=CO4)cc3OC)noc2cc1Nc1cc(C2CC2)n(PI)n1. The lowest BCUT2D eigenvalue weighted by atomic mass is 10.1. The van der Waals surface area contributed by atoms with Crippen molar-refractivity contribution in [2.75, 3.05) is 31.4 Å². The van der Waals surface area contributed by atoms with Crippen LogP contribution in [0, 0.1) is 0 Å². The monoisotopic (exact) mass is 710 g/mol. The molecule has 2 aliphatic rings. The first kappa shape index (κ1) is 29.5. The Kier molecular flexibility index (Phi) is 9.56. The van der Waals surface area contributed by atoms with Crippen LogP contribution in [-0.4, -0.2) is 36.0 Å². The highest BCUT2D eigenvalue weighted by atomic mass is 127. The van der Waals surface area contributed by atoms with E-state index in [0.717, 1.165) is 27.4 Å². The van der Waals surface area contributed by atoms with Gasteiger partial charge >= 0.3 is 0 Å². The van der Waals surface area contributed by atoms with Crippen molar-refractivity contribution in [3.63, 3.8) is 0 Å². The predicted molar refractivity (Wildman–Crippen MR) is 172 cm³/mol. The summed E-state index contributed by atoms with van der Waals surface area (Å²) in [6.45, 7) is 4.00. The summed E-state index contributed by atoms with van der Waals surface area (Å²) in [7, 11) is 4.87. The molecule has 1 aliphatic carbocycles. The van der Waals surface area contributed by atoms with E-state index in [4.69, 9.17) is 28.6 Å². The Balaban J connectivity index is 0.00000165. The molecule has 11 nitrogen and oxygen atoms in total. The number of halogens is 1. The molecule has 1 aliphatic heterocycles. The van der Waals surface area contributed by atoms with Crippen LogP contribution in [0.5, 0.6) is 17.2 Å². The van der Waals surface area contributed by atoms with E-state index in [2.05, 4.69) is 53.1 Å². The number of benzene rings is 2. The van der Waals surface area contributed by atoms with Crippen LogP contribution < -0.4 is 29.6 Å². The molecule has 3 heterocycles. The molecule has 0 saturated heterocycles. The average Bonchev–Trinajstić information content (AvgIpc) is 3.36. The maximum absolute atomic E-state index is 5.71. The van der Waals surface area contributed by atoms with Gasteiger partial charge in [0.25, 0.3) is 0 Å². The first-order chi connectivity index (χ1) is 20.1. The van der Waals surface area contributed by atoms with Crippen molar-refractivity contribution >= 4 is 68.7 Å². The van der Waals surface area contributed by atoms with E-state index in [1.807, 2.05) is 38.1 Å². The number of ether oxygens (including phenoxy) is 4. The van der Waals surface area contributed by atoms with Gasteiger partial charge in [-0.15, -0.1) is 0 Å². The molecule has 0 spiro atoms. The number of aromatic nitrogens is 3. The summed E-state index contributed by atoms with van der Waals surface area (Å²) >= 11 is 3.67. The molecule has 41 heavy (non-hydrogen) atoms. The highest BCUT2D eigenvalue weighted by Gasteiger charge is 2.28. The van der Waals surface area contributed by atoms with Gasteiger partial charge in [-0.05, 0) is 65.0 Å². The Labute approximate surface area is 257 Å². The van der Waals surface area contributed by atoms with Crippen LogP contribution in [0.3, 0.4) is 0 Å². The average molecular weight is 711 g/mol.